The minimum absolute atomic E-state index is 0.0295. The molecule has 1 rings (SSSR count). The van der Waals surface area contributed by atoms with Crippen molar-refractivity contribution >= 4 is 11.7 Å². The van der Waals surface area contributed by atoms with E-state index in [0.29, 0.717) is 18.8 Å². The van der Waals surface area contributed by atoms with E-state index in [-0.39, 0.29) is 5.91 Å². The molecule has 1 heterocycles. The lowest BCUT2D eigenvalue weighted by Crippen LogP contribution is -2.38. The lowest BCUT2D eigenvalue weighted by molar-refractivity contribution is -0.119. The second kappa shape index (κ2) is 32.6. The molecule has 0 fully saturated rings. The zero-order valence-corrected chi connectivity index (χ0v) is 30.7. The Morgan fingerprint density at radius 1 is 0.578 bits per heavy atom. The Morgan fingerprint density at radius 2 is 0.933 bits per heavy atom. The van der Waals surface area contributed by atoms with E-state index in [9.17, 15) is 4.79 Å². The number of nitrogens with zero attached hydrogens (tertiary/aromatic N) is 1. The van der Waals surface area contributed by atoms with Gasteiger partial charge in [-0.3, -0.25) is 10.2 Å². The van der Waals surface area contributed by atoms with Gasteiger partial charge in [-0.1, -0.05) is 200 Å². The highest BCUT2D eigenvalue weighted by atomic mass is 16.1. The SMILES string of the molecule is CCCCCCCCCCCCCCCCCC(=O)NC(=N)CN1CCC=C1CCCCCCCCCCCCCCCCC. The van der Waals surface area contributed by atoms with Gasteiger partial charge >= 0.3 is 0 Å². The van der Waals surface area contributed by atoms with Crippen molar-refractivity contribution in [3.8, 4) is 0 Å². The minimum Gasteiger partial charge on any atom is -0.367 e. The number of hydrogen-bond acceptors (Lipinski definition) is 3. The Kier molecular flexibility index (Phi) is 30.2. The third-order valence-electron chi connectivity index (χ3n) is 9.87. The van der Waals surface area contributed by atoms with Gasteiger partial charge < -0.3 is 10.2 Å². The van der Waals surface area contributed by atoms with Crippen LogP contribution < -0.4 is 5.32 Å². The zero-order valence-electron chi connectivity index (χ0n) is 30.7. The van der Waals surface area contributed by atoms with E-state index in [1.165, 1.54) is 185 Å². The van der Waals surface area contributed by atoms with Crippen LogP contribution >= 0.6 is 0 Å². The number of nitrogens with one attached hydrogen (secondary N) is 2. The van der Waals surface area contributed by atoms with Crippen LogP contribution in [-0.4, -0.2) is 29.7 Å². The van der Waals surface area contributed by atoms with E-state index in [1.807, 2.05) is 0 Å². The van der Waals surface area contributed by atoms with Crippen LogP contribution in [0.2, 0.25) is 0 Å². The monoisotopic (exact) mass is 630 g/mol. The Morgan fingerprint density at radius 3 is 1.33 bits per heavy atom. The van der Waals surface area contributed by atoms with E-state index in [2.05, 4.69) is 30.1 Å². The molecule has 1 aliphatic heterocycles. The number of unbranched alkanes of at least 4 members (excludes halogenated alkanes) is 28. The molecular formula is C41H79N3O. The van der Waals surface area contributed by atoms with E-state index in [1.54, 1.807) is 0 Å². The maximum atomic E-state index is 12.4. The normalized spacial score (nSPS) is 13.0. The molecule has 0 atom stereocenters. The summed E-state index contributed by atoms with van der Waals surface area (Å²) in [5.74, 6) is 0.395. The molecule has 45 heavy (non-hydrogen) atoms. The summed E-state index contributed by atoms with van der Waals surface area (Å²) in [5, 5.41) is 11.2. The van der Waals surface area contributed by atoms with Gasteiger partial charge in [0.15, 0.2) is 0 Å². The number of carbonyl (C=O) groups is 1. The Hall–Kier alpha value is -1.32. The van der Waals surface area contributed by atoms with Gasteiger partial charge in [-0.2, -0.15) is 0 Å². The predicted octanol–water partition coefficient (Wildman–Crippen LogP) is 13.2. The Bertz CT molecular complexity index is 703. The van der Waals surface area contributed by atoms with Gasteiger partial charge in [0.25, 0.3) is 0 Å². The van der Waals surface area contributed by atoms with Gasteiger partial charge in [0.05, 0.1) is 6.54 Å². The molecule has 0 aromatic carbocycles. The molecule has 0 unspecified atom stereocenters. The molecule has 4 heteroatoms. The first kappa shape index (κ1) is 41.7. The summed E-state index contributed by atoms with van der Waals surface area (Å²) in [4.78, 5) is 14.7. The molecule has 0 aliphatic carbocycles. The molecule has 264 valence electrons. The Balaban J connectivity index is 1.91. The summed E-state index contributed by atoms with van der Waals surface area (Å²) < 4.78 is 0. The second-order valence-electron chi connectivity index (χ2n) is 14.3. The molecule has 1 amide bonds. The summed E-state index contributed by atoms with van der Waals surface area (Å²) in [6.07, 6.45) is 46.2. The third-order valence-corrected chi connectivity index (χ3v) is 9.87. The molecule has 0 aromatic rings. The van der Waals surface area contributed by atoms with Crippen molar-refractivity contribution in [2.75, 3.05) is 13.1 Å². The molecule has 0 spiro atoms. The van der Waals surface area contributed by atoms with E-state index in [0.717, 1.165) is 32.2 Å². The predicted molar refractivity (Wildman–Crippen MR) is 199 cm³/mol. The molecular weight excluding hydrogens is 550 g/mol. The van der Waals surface area contributed by atoms with Crippen molar-refractivity contribution in [3.05, 3.63) is 11.8 Å². The first-order chi connectivity index (χ1) is 22.2. The van der Waals surface area contributed by atoms with E-state index in [4.69, 9.17) is 5.41 Å². The topological polar surface area (TPSA) is 56.2 Å². The van der Waals surface area contributed by atoms with Crippen molar-refractivity contribution in [3.63, 3.8) is 0 Å². The standard InChI is InChI=1S/C41H79N3O/c1-3-5-7-9-11-13-15-17-19-21-23-25-27-29-31-34-39-35-33-37-44(39)38-40(42)43-41(45)36-32-30-28-26-24-22-20-18-16-14-12-10-8-6-4-2/h35H,3-34,36-38H2,1-2H3,(H2,42,43,45). The fourth-order valence-corrected chi connectivity index (χ4v) is 6.90. The first-order valence-electron chi connectivity index (χ1n) is 20.5. The molecule has 0 aromatic heterocycles. The maximum absolute atomic E-state index is 12.4. The van der Waals surface area contributed by atoms with Crippen LogP contribution in [0.5, 0.6) is 0 Å². The molecule has 2 N–H and O–H groups in total. The number of allylic oxidation sites excluding steroid dienone is 1. The van der Waals surface area contributed by atoms with Crippen molar-refractivity contribution in [2.24, 2.45) is 0 Å². The number of amidine groups is 1. The number of amides is 1. The van der Waals surface area contributed by atoms with Crippen molar-refractivity contribution < 1.29 is 4.79 Å². The average Bonchev–Trinajstić information content (AvgIpc) is 3.47. The highest BCUT2D eigenvalue weighted by molar-refractivity contribution is 5.97. The summed E-state index contributed by atoms with van der Waals surface area (Å²) in [5.41, 5.74) is 1.39. The van der Waals surface area contributed by atoms with Crippen LogP contribution in [0, 0.1) is 5.41 Å². The largest absolute Gasteiger partial charge is 0.367 e. The fourth-order valence-electron chi connectivity index (χ4n) is 6.90. The highest BCUT2D eigenvalue weighted by Crippen LogP contribution is 2.21. The van der Waals surface area contributed by atoms with Crippen molar-refractivity contribution in [1.82, 2.24) is 10.2 Å². The molecule has 0 saturated heterocycles. The number of rotatable bonds is 34. The minimum atomic E-state index is 0.0295. The molecule has 0 bridgehead atoms. The summed E-state index contributed by atoms with van der Waals surface area (Å²) in [6, 6.07) is 0. The zero-order chi connectivity index (χ0) is 32.5. The third kappa shape index (κ3) is 27.5. The van der Waals surface area contributed by atoms with E-state index >= 15 is 0 Å². The molecule has 0 radical (unpaired) electrons. The summed E-state index contributed by atoms with van der Waals surface area (Å²) >= 11 is 0. The maximum Gasteiger partial charge on any atom is 0.225 e. The Labute approximate surface area is 282 Å². The number of carbonyl (C=O) groups excluding carboxylic acids is 1. The van der Waals surface area contributed by atoms with Crippen LogP contribution in [0.15, 0.2) is 11.8 Å². The quantitative estimate of drug-likeness (QED) is 0.0422. The van der Waals surface area contributed by atoms with Gasteiger partial charge in [-0.15, -0.1) is 0 Å². The van der Waals surface area contributed by atoms with Gasteiger partial charge in [-0.05, 0) is 25.7 Å². The number of hydrogen-bond donors (Lipinski definition) is 2. The van der Waals surface area contributed by atoms with Gasteiger partial charge in [0, 0.05) is 18.7 Å². The van der Waals surface area contributed by atoms with Crippen LogP contribution in [-0.2, 0) is 4.79 Å². The summed E-state index contributed by atoms with van der Waals surface area (Å²) in [7, 11) is 0. The first-order valence-corrected chi connectivity index (χ1v) is 20.5. The van der Waals surface area contributed by atoms with Crippen LogP contribution in [0.3, 0.4) is 0 Å². The fraction of sp³-hybridized carbons (Fsp3) is 0.902. The van der Waals surface area contributed by atoms with Gasteiger partial charge in [0.1, 0.15) is 5.84 Å². The van der Waals surface area contributed by atoms with Gasteiger partial charge in [0.2, 0.25) is 5.91 Å². The lowest BCUT2D eigenvalue weighted by Gasteiger charge is -2.23. The second-order valence-corrected chi connectivity index (χ2v) is 14.3. The van der Waals surface area contributed by atoms with E-state index < -0.39 is 0 Å². The van der Waals surface area contributed by atoms with Crippen LogP contribution in [0.25, 0.3) is 0 Å². The van der Waals surface area contributed by atoms with Crippen LogP contribution in [0.1, 0.15) is 226 Å². The highest BCUT2D eigenvalue weighted by Gasteiger charge is 2.17. The molecule has 0 saturated carbocycles. The smallest absolute Gasteiger partial charge is 0.225 e. The van der Waals surface area contributed by atoms with Gasteiger partial charge in [-0.25, -0.2) is 0 Å². The molecule has 1 aliphatic rings. The average molecular weight is 630 g/mol. The van der Waals surface area contributed by atoms with Crippen molar-refractivity contribution in [1.29, 1.82) is 5.41 Å². The molecule has 4 nitrogen and oxygen atoms in total. The van der Waals surface area contributed by atoms with Crippen LogP contribution in [0.4, 0.5) is 0 Å². The van der Waals surface area contributed by atoms with Crippen molar-refractivity contribution in [2.45, 2.75) is 226 Å². The summed E-state index contributed by atoms with van der Waals surface area (Å²) in [6.45, 7) is 6.12. The lowest BCUT2D eigenvalue weighted by atomic mass is 10.0.